The summed E-state index contributed by atoms with van der Waals surface area (Å²) in [6.45, 7) is -0.400. The summed E-state index contributed by atoms with van der Waals surface area (Å²) in [5.74, 6) is -1.01. The van der Waals surface area contributed by atoms with Crippen LogP contribution in [0.1, 0.15) is 18.4 Å². The van der Waals surface area contributed by atoms with Crippen LogP contribution in [0, 0.1) is 0 Å². The molecule has 26 heavy (non-hydrogen) atoms. The first-order valence-corrected chi connectivity index (χ1v) is 10.3. The molecule has 8 nitrogen and oxygen atoms in total. The Hall–Kier alpha value is -2.42. The van der Waals surface area contributed by atoms with E-state index in [4.69, 9.17) is 0 Å². The van der Waals surface area contributed by atoms with Crippen LogP contribution in [0.15, 0.2) is 30.3 Å². The van der Waals surface area contributed by atoms with Crippen LogP contribution >= 0.6 is 0 Å². The number of urea groups is 1. The van der Waals surface area contributed by atoms with E-state index < -0.39 is 46.3 Å². The Balaban J connectivity index is 1.51. The highest BCUT2D eigenvalue weighted by molar-refractivity contribution is 7.91. The van der Waals surface area contributed by atoms with E-state index in [1.807, 2.05) is 30.3 Å². The average Bonchev–Trinajstić information content (AvgIpc) is 3.07. The molecule has 1 aromatic rings. The van der Waals surface area contributed by atoms with Gasteiger partial charge in [-0.05, 0) is 24.8 Å². The molecule has 2 saturated heterocycles. The van der Waals surface area contributed by atoms with E-state index in [0.717, 1.165) is 10.5 Å². The molecule has 2 heterocycles. The molecule has 0 aliphatic carbocycles. The highest BCUT2D eigenvalue weighted by atomic mass is 32.2. The summed E-state index contributed by atoms with van der Waals surface area (Å²) in [4.78, 5) is 37.3. The van der Waals surface area contributed by atoms with Crippen molar-refractivity contribution in [3.8, 4) is 0 Å². The van der Waals surface area contributed by atoms with E-state index in [1.54, 1.807) is 0 Å². The van der Waals surface area contributed by atoms with Crippen LogP contribution in [0.3, 0.4) is 0 Å². The maximum Gasteiger partial charge on any atom is 0.325 e. The van der Waals surface area contributed by atoms with Crippen molar-refractivity contribution in [2.24, 2.45) is 0 Å². The molecule has 0 radical (unpaired) electrons. The molecule has 2 aliphatic heterocycles. The summed E-state index contributed by atoms with van der Waals surface area (Å²) >= 11 is 0. The second-order valence-electron chi connectivity index (χ2n) is 6.62. The number of nitrogens with one attached hydrogen (secondary N) is 2. The minimum absolute atomic E-state index is 0.0443. The van der Waals surface area contributed by atoms with Gasteiger partial charge >= 0.3 is 6.03 Å². The summed E-state index contributed by atoms with van der Waals surface area (Å²) in [5, 5.41) is 5.18. The van der Waals surface area contributed by atoms with Gasteiger partial charge in [0.15, 0.2) is 9.84 Å². The highest BCUT2D eigenvalue weighted by Gasteiger charge is 2.39. The number of imide groups is 1. The molecule has 2 unspecified atom stereocenters. The van der Waals surface area contributed by atoms with E-state index in [-0.39, 0.29) is 11.5 Å². The number of hydrogen-bond acceptors (Lipinski definition) is 5. The van der Waals surface area contributed by atoms with Crippen LogP contribution in [-0.4, -0.2) is 61.3 Å². The molecule has 9 heteroatoms. The number of nitrogens with zero attached hydrogens (tertiary/aromatic N) is 1. The summed E-state index contributed by atoms with van der Waals surface area (Å²) in [6.07, 6.45) is 1.44. The zero-order chi connectivity index (χ0) is 18.7. The van der Waals surface area contributed by atoms with Crippen molar-refractivity contribution in [1.82, 2.24) is 15.5 Å². The van der Waals surface area contributed by atoms with E-state index in [1.165, 1.54) is 0 Å². The van der Waals surface area contributed by atoms with Gasteiger partial charge in [-0.2, -0.15) is 0 Å². The van der Waals surface area contributed by atoms with Crippen molar-refractivity contribution in [1.29, 1.82) is 0 Å². The minimum atomic E-state index is -3.11. The summed E-state index contributed by atoms with van der Waals surface area (Å²) in [5.41, 5.74) is 1.06. The Morgan fingerprint density at radius 2 is 1.96 bits per heavy atom. The molecule has 4 amide bonds. The molecule has 0 aromatic heterocycles. The summed E-state index contributed by atoms with van der Waals surface area (Å²) in [6, 6.07) is 7.91. The van der Waals surface area contributed by atoms with Gasteiger partial charge in [-0.15, -0.1) is 0 Å². The van der Waals surface area contributed by atoms with Crippen LogP contribution in [-0.2, 0) is 25.8 Å². The Labute approximate surface area is 151 Å². The second-order valence-corrected chi connectivity index (χ2v) is 8.85. The lowest BCUT2D eigenvalue weighted by molar-refractivity contribution is -0.132. The number of carbonyl (C=O) groups excluding carboxylic acids is 3. The fourth-order valence-electron chi connectivity index (χ4n) is 3.20. The lowest BCUT2D eigenvalue weighted by Gasteiger charge is -2.15. The molecule has 0 saturated carbocycles. The number of hydrogen-bond donors (Lipinski definition) is 2. The predicted molar refractivity (Wildman–Crippen MR) is 94.0 cm³/mol. The van der Waals surface area contributed by atoms with Crippen molar-refractivity contribution in [3.63, 3.8) is 0 Å². The van der Waals surface area contributed by atoms with Crippen molar-refractivity contribution < 1.29 is 22.8 Å². The lowest BCUT2D eigenvalue weighted by Crippen LogP contribution is -2.45. The minimum Gasteiger partial charge on any atom is -0.351 e. The van der Waals surface area contributed by atoms with Gasteiger partial charge in [-0.1, -0.05) is 30.3 Å². The van der Waals surface area contributed by atoms with Crippen LogP contribution < -0.4 is 10.6 Å². The van der Waals surface area contributed by atoms with Gasteiger partial charge in [0.1, 0.15) is 12.6 Å². The van der Waals surface area contributed by atoms with Crippen LogP contribution in [0.5, 0.6) is 0 Å². The van der Waals surface area contributed by atoms with E-state index in [0.29, 0.717) is 19.3 Å². The maximum atomic E-state index is 12.4. The topological polar surface area (TPSA) is 113 Å². The molecule has 1 aromatic carbocycles. The van der Waals surface area contributed by atoms with Gasteiger partial charge in [0.2, 0.25) is 5.91 Å². The van der Waals surface area contributed by atoms with Crippen molar-refractivity contribution in [2.45, 2.75) is 31.3 Å². The Morgan fingerprint density at radius 1 is 1.23 bits per heavy atom. The molecule has 140 valence electrons. The first-order chi connectivity index (χ1) is 12.3. The number of amides is 4. The first kappa shape index (κ1) is 18.4. The third-order valence-electron chi connectivity index (χ3n) is 4.57. The van der Waals surface area contributed by atoms with Crippen molar-refractivity contribution in [3.05, 3.63) is 35.9 Å². The van der Waals surface area contributed by atoms with Gasteiger partial charge in [0.25, 0.3) is 5.91 Å². The Kier molecular flexibility index (Phi) is 5.26. The number of aryl methyl sites for hydroxylation is 1. The van der Waals surface area contributed by atoms with Gasteiger partial charge in [-0.25, -0.2) is 13.2 Å². The van der Waals surface area contributed by atoms with Crippen LogP contribution in [0.25, 0.3) is 0 Å². The number of benzene rings is 1. The van der Waals surface area contributed by atoms with Crippen LogP contribution in [0.4, 0.5) is 4.79 Å². The zero-order valence-corrected chi connectivity index (χ0v) is 15.0. The molecule has 2 atom stereocenters. The molecule has 0 bridgehead atoms. The van der Waals surface area contributed by atoms with Gasteiger partial charge < -0.3 is 10.6 Å². The first-order valence-electron chi connectivity index (χ1n) is 8.50. The smallest absolute Gasteiger partial charge is 0.325 e. The quantitative estimate of drug-likeness (QED) is 0.667. The van der Waals surface area contributed by atoms with Gasteiger partial charge in [0.05, 0.1) is 11.5 Å². The normalized spacial score (nSPS) is 24.5. The molecule has 0 spiro atoms. The molecular formula is C17H21N3O5S. The van der Waals surface area contributed by atoms with E-state index in [2.05, 4.69) is 10.6 Å². The van der Waals surface area contributed by atoms with Gasteiger partial charge in [0, 0.05) is 6.04 Å². The third kappa shape index (κ3) is 4.40. The summed E-state index contributed by atoms with van der Waals surface area (Å²) < 4.78 is 22.8. The Bertz CT molecular complexity index is 809. The van der Waals surface area contributed by atoms with E-state index in [9.17, 15) is 22.8 Å². The molecular weight excluding hydrogens is 358 g/mol. The average molecular weight is 379 g/mol. The monoisotopic (exact) mass is 379 g/mol. The van der Waals surface area contributed by atoms with Crippen LogP contribution in [0.2, 0.25) is 0 Å². The molecule has 3 rings (SSSR count). The van der Waals surface area contributed by atoms with Crippen molar-refractivity contribution >= 4 is 27.7 Å². The number of carbonyl (C=O) groups is 3. The molecule has 2 N–H and O–H groups in total. The highest BCUT2D eigenvalue weighted by Crippen LogP contribution is 2.14. The number of sulfone groups is 1. The molecule has 2 aliphatic rings. The van der Waals surface area contributed by atoms with E-state index >= 15 is 0 Å². The number of rotatable bonds is 6. The largest absolute Gasteiger partial charge is 0.351 e. The second kappa shape index (κ2) is 7.45. The Morgan fingerprint density at radius 3 is 2.62 bits per heavy atom. The lowest BCUT2D eigenvalue weighted by atomic mass is 10.1. The van der Waals surface area contributed by atoms with Crippen molar-refractivity contribution in [2.75, 3.05) is 18.1 Å². The van der Waals surface area contributed by atoms with Gasteiger partial charge in [-0.3, -0.25) is 14.5 Å². The fourth-order valence-corrected chi connectivity index (χ4v) is 4.88. The predicted octanol–water partition coefficient (Wildman–Crippen LogP) is -0.157. The SMILES string of the molecule is O=C(CN1C(=O)NC(CCc2ccccc2)C1=O)NC1CCS(=O)(=O)C1. The summed E-state index contributed by atoms with van der Waals surface area (Å²) in [7, 11) is -3.11. The third-order valence-corrected chi connectivity index (χ3v) is 6.34. The standard InChI is InChI=1S/C17H21N3O5S/c21-15(18-13-8-9-26(24,25)11-13)10-20-16(22)14(19-17(20)23)7-6-12-4-2-1-3-5-12/h1-5,13-14H,6-11H2,(H,18,21)(H,19,23). The fraction of sp³-hybridized carbons (Fsp3) is 0.471. The zero-order valence-electron chi connectivity index (χ0n) is 14.2. The maximum absolute atomic E-state index is 12.4. The molecule has 2 fully saturated rings.